The monoisotopic (exact) mass is 343 g/mol. The molecular weight excluding hydrogens is 322 g/mol. The van der Waals surface area contributed by atoms with E-state index in [0.29, 0.717) is 37.7 Å². The van der Waals surface area contributed by atoms with Gasteiger partial charge in [-0.1, -0.05) is 0 Å². The van der Waals surface area contributed by atoms with E-state index in [1.165, 1.54) is 4.90 Å². The fourth-order valence-corrected chi connectivity index (χ4v) is 4.20. The summed E-state index contributed by atoms with van der Waals surface area (Å²) in [6.45, 7) is 1.79. The maximum atomic E-state index is 12.6. The van der Waals surface area contributed by atoms with Gasteiger partial charge < -0.3 is 14.6 Å². The number of aryl methyl sites for hydroxylation is 1. The molecule has 0 spiro atoms. The van der Waals surface area contributed by atoms with E-state index in [9.17, 15) is 18.3 Å². The summed E-state index contributed by atoms with van der Waals surface area (Å²) in [4.78, 5) is 21.7. The molecule has 1 fully saturated rings. The van der Waals surface area contributed by atoms with E-state index in [0.717, 1.165) is 0 Å². The quantitative estimate of drug-likeness (QED) is 0.700. The number of amides is 1. The van der Waals surface area contributed by atoms with Crippen molar-refractivity contribution in [1.29, 1.82) is 0 Å². The van der Waals surface area contributed by atoms with Crippen molar-refractivity contribution in [2.24, 2.45) is 7.05 Å². The number of fused-ring (bicyclic) bond motifs is 1. The topological polar surface area (TPSA) is 99.0 Å². The molecule has 23 heavy (non-hydrogen) atoms. The van der Waals surface area contributed by atoms with Crippen molar-refractivity contribution in [2.45, 2.75) is 6.35 Å². The van der Waals surface area contributed by atoms with Crippen LogP contribution in [0.2, 0.25) is 0 Å². The molecule has 2 aliphatic heterocycles. The molecule has 1 aromatic heterocycles. The number of carbonyl (C=O) groups is 1. The highest BCUT2D eigenvalue weighted by atomic mass is 32.2. The molecule has 3 rings (SSSR count). The van der Waals surface area contributed by atoms with Gasteiger partial charge in [-0.3, -0.25) is 14.6 Å². The van der Waals surface area contributed by atoms with Crippen molar-refractivity contribution >= 4 is 21.6 Å². The number of nitrogens with zero attached hydrogens (tertiary/aromatic N) is 5. The Morgan fingerprint density at radius 2 is 1.91 bits per heavy atom. The van der Waals surface area contributed by atoms with Crippen molar-refractivity contribution in [1.82, 2.24) is 19.4 Å². The standard InChI is InChI=1S/C13H21N5O4S/c1-15-9-14-11-10(15)12(19)18(13(20)16(11)2)4-3-17-5-7-23(21,22)8-6-17/h9,13,20H,3-8H2,1-2H3. The first-order valence-electron chi connectivity index (χ1n) is 7.46. The van der Waals surface area contributed by atoms with Gasteiger partial charge in [0.1, 0.15) is 0 Å². The lowest BCUT2D eigenvalue weighted by atomic mass is 10.2. The first-order chi connectivity index (χ1) is 10.8. The summed E-state index contributed by atoms with van der Waals surface area (Å²) >= 11 is 0. The molecule has 0 aromatic carbocycles. The summed E-state index contributed by atoms with van der Waals surface area (Å²) < 4.78 is 24.5. The summed E-state index contributed by atoms with van der Waals surface area (Å²) in [5.41, 5.74) is 0.444. The molecular formula is C13H21N5O4S. The van der Waals surface area contributed by atoms with Crippen molar-refractivity contribution in [3.63, 3.8) is 0 Å². The Morgan fingerprint density at radius 1 is 1.26 bits per heavy atom. The number of hydrogen-bond donors (Lipinski definition) is 1. The second-order valence-electron chi connectivity index (χ2n) is 5.98. The Bertz CT molecular complexity index is 702. The van der Waals surface area contributed by atoms with E-state index >= 15 is 0 Å². The fraction of sp³-hybridized carbons (Fsp3) is 0.692. The van der Waals surface area contributed by atoms with Crippen LogP contribution in [0.15, 0.2) is 6.33 Å². The minimum atomic E-state index is -2.92. The zero-order valence-corrected chi connectivity index (χ0v) is 14.0. The lowest BCUT2D eigenvalue weighted by molar-refractivity contribution is -0.000161. The van der Waals surface area contributed by atoms with Crippen LogP contribution in [0.1, 0.15) is 10.5 Å². The summed E-state index contributed by atoms with van der Waals surface area (Å²) in [6, 6.07) is 0. The van der Waals surface area contributed by atoms with E-state index < -0.39 is 16.2 Å². The normalized spacial score (nSPS) is 24.8. The summed E-state index contributed by atoms with van der Waals surface area (Å²) in [7, 11) is 0.504. The molecule has 1 N–H and O–H groups in total. The molecule has 1 aromatic rings. The predicted octanol–water partition coefficient (Wildman–Crippen LogP) is -1.68. The molecule has 0 radical (unpaired) electrons. The van der Waals surface area contributed by atoms with Crippen LogP contribution in [0.3, 0.4) is 0 Å². The Morgan fingerprint density at radius 3 is 2.57 bits per heavy atom. The molecule has 1 unspecified atom stereocenters. The molecule has 2 aliphatic rings. The summed E-state index contributed by atoms with van der Waals surface area (Å²) in [6.07, 6.45) is 0.476. The fourth-order valence-electron chi connectivity index (χ4n) is 2.92. The van der Waals surface area contributed by atoms with Crippen molar-refractivity contribution in [3.8, 4) is 0 Å². The minimum Gasteiger partial charge on any atom is -0.356 e. The average Bonchev–Trinajstić information content (AvgIpc) is 2.88. The van der Waals surface area contributed by atoms with Gasteiger partial charge in [-0.2, -0.15) is 0 Å². The van der Waals surface area contributed by atoms with E-state index in [1.54, 1.807) is 29.9 Å². The molecule has 0 saturated carbocycles. The molecule has 3 heterocycles. The van der Waals surface area contributed by atoms with Gasteiger partial charge in [0, 0.05) is 40.3 Å². The van der Waals surface area contributed by atoms with Crippen LogP contribution in [0, 0.1) is 0 Å². The zero-order valence-electron chi connectivity index (χ0n) is 13.2. The second kappa shape index (κ2) is 5.77. The molecule has 1 amide bonds. The van der Waals surface area contributed by atoms with E-state index in [1.807, 2.05) is 4.90 Å². The van der Waals surface area contributed by atoms with Crippen LogP contribution in [-0.4, -0.2) is 89.9 Å². The van der Waals surface area contributed by atoms with Gasteiger partial charge in [-0.15, -0.1) is 0 Å². The van der Waals surface area contributed by atoms with Gasteiger partial charge in [-0.25, -0.2) is 13.4 Å². The minimum absolute atomic E-state index is 0.148. The van der Waals surface area contributed by atoms with E-state index in [-0.39, 0.29) is 17.4 Å². The SMILES string of the molecule is CN1c2ncn(C)c2C(=O)N(CCN2CCS(=O)(=O)CC2)C1O. The van der Waals surface area contributed by atoms with Crippen LogP contribution in [0.25, 0.3) is 0 Å². The molecule has 128 valence electrons. The summed E-state index contributed by atoms with van der Waals surface area (Å²) in [5.74, 6) is 0.491. The number of carbonyl (C=O) groups excluding carboxylic acids is 1. The highest BCUT2D eigenvalue weighted by molar-refractivity contribution is 7.91. The van der Waals surface area contributed by atoms with Crippen molar-refractivity contribution < 1.29 is 18.3 Å². The van der Waals surface area contributed by atoms with Gasteiger partial charge in [0.25, 0.3) is 5.91 Å². The van der Waals surface area contributed by atoms with Gasteiger partial charge in [-0.05, 0) is 0 Å². The lowest BCUT2D eigenvalue weighted by Gasteiger charge is -2.39. The van der Waals surface area contributed by atoms with Gasteiger partial charge in [0.15, 0.2) is 21.3 Å². The second-order valence-corrected chi connectivity index (χ2v) is 8.28. The third kappa shape index (κ3) is 2.93. The Hall–Kier alpha value is -1.65. The number of anilines is 1. The maximum absolute atomic E-state index is 12.6. The number of aliphatic hydroxyl groups is 1. The van der Waals surface area contributed by atoms with Gasteiger partial charge in [0.2, 0.25) is 6.35 Å². The number of sulfone groups is 1. The molecule has 0 bridgehead atoms. The number of imidazole rings is 1. The van der Waals surface area contributed by atoms with Crippen molar-refractivity contribution in [2.75, 3.05) is 49.6 Å². The predicted molar refractivity (Wildman–Crippen MR) is 83.7 cm³/mol. The van der Waals surface area contributed by atoms with Gasteiger partial charge >= 0.3 is 0 Å². The number of aliphatic hydroxyl groups excluding tert-OH is 1. The molecule has 9 nitrogen and oxygen atoms in total. The van der Waals surface area contributed by atoms with Crippen LogP contribution in [0.5, 0.6) is 0 Å². The number of rotatable bonds is 3. The molecule has 0 aliphatic carbocycles. The van der Waals surface area contributed by atoms with Crippen LogP contribution in [0.4, 0.5) is 5.82 Å². The number of aromatic nitrogens is 2. The average molecular weight is 343 g/mol. The Kier molecular flexibility index (Phi) is 4.07. The van der Waals surface area contributed by atoms with E-state index in [4.69, 9.17) is 0 Å². The molecule has 1 saturated heterocycles. The van der Waals surface area contributed by atoms with Gasteiger partial charge in [0.05, 0.1) is 17.8 Å². The lowest BCUT2D eigenvalue weighted by Crippen LogP contribution is -2.56. The highest BCUT2D eigenvalue weighted by Gasteiger charge is 2.38. The molecule has 10 heteroatoms. The smallest absolute Gasteiger partial charge is 0.277 e. The van der Waals surface area contributed by atoms with E-state index in [2.05, 4.69) is 4.98 Å². The largest absolute Gasteiger partial charge is 0.356 e. The van der Waals surface area contributed by atoms with Crippen molar-refractivity contribution in [3.05, 3.63) is 12.0 Å². The maximum Gasteiger partial charge on any atom is 0.277 e. The summed E-state index contributed by atoms with van der Waals surface area (Å²) in [5, 5.41) is 10.3. The third-order valence-electron chi connectivity index (χ3n) is 4.43. The zero-order chi connectivity index (χ0) is 16.8. The van der Waals surface area contributed by atoms with Crippen LogP contribution in [-0.2, 0) is 16.9 Å². The number of hydrogen-bond acceptors (Lipinski definition) is 7. The van der Waals surface area contributed by atoms with Crippen LogP contribution >= 0.6 is 0 Å². The Labute approximate surface area is 135 Å². The first-order valence-corrected chi connectivity index (χ1v) is 9.28. The Balaban J connectivity index is 1.69. The molecule has 1 atom stereocenters. The van der Waals surface area contributed by atoms with Crippen LogP contribution < -0.4 is 4.90 Å². The highest BCUT2D eigenvalue weighted by Crippen LogP contribution is 2.26. The third-order valence-corrected chi connectivity index (χ3v) is 6.04. The first kappa shape index (κ1) is 16.2.